The predicted octanol–water partition coefficient (Wildman–Crippen LogP) is 4.26. The van der Waals surface area contributed by atoms with Gasteiger partial charge in [-0.05, 0) is 60.7 Å². The van der Waals surface area contributed by atoms with Crippen molar-refractivity contribution in [3.63, 3.8) is 0 Å². The summed E-state index contributed by atoms with van der Waals surface area (Å²) < 4.78 is 187. The van der Waals surface area contributed by atoms with Crippen LogP contribution in [0.25, 0.3) is 11.5 Å². The van der Waals surface area contributed by atoms with Crippen molar-refractivity contribution in [3.05, 3.63) is 118 Å². The zero-order valence-electron chi connectivity index (χ0n) is 36.1. The Labute approximate surface area is 411 Å². The summed E-state index contributed by atoms with van der Waals surface area (Å²) in [6, 6.07) is 12.1. The second-order valence-corrected chi connectivity index (χ2v) is 24.2. The molecule has 0 bridgehead atoms. The molecule has 0 radical (unpaired) electrons. The number of rotatable bonds is 16. The predicted molar refractivity (Wildman–Crippen MR) is 244 cm³/mol. The van der Waals surface area contributed by atoms with Gasteiger partial charge in [-0.2, -0.15) is 43.0 Å². The van der Waals surface area contributed by atoms with E-state index in [0.29, 0.717) is 0 Å². The van der Waals surface area contributed by atoms with Gasteiger partial charge < -0.3 is 9.73 Å². The van der Waals surface area contributed by atoms with Gasteiger partial charge in [0.05, 0.1) is 81.0 Å². The molecule has 3 aromatic heterocycles. The van der Waals surface area contributed by atoms with Crippen molar-refractivity contribution < 1.29 is 74.0 Å². The SMILES string of the molecule is O=C(CNC(=O)C(F)F)c1ccc(CN(c2ccc(F)c(Cl)c2)S(=O)(=O)N2CCS(=O)(=O)CC2)nc1.O=S1(=O)CCN(S(=O)(=O)N(Cc2ccc(-c3nnc(C(F)F)o3)cn2)c2ccc(F)c(Cl)c2)CC1. The number of carbonyl (C=O) groups is 2. The summed E-state index contributed by atoms with van der Waals surface area (Å²) in [6.45, 7) is -2.43. The summed E-state index contributed by atoms with van der Waals surface area (Å²) in [5, 5.41) is 7.89. The van der Waals surface area contributed by atoms with Gasteiger partial charge in [-0.25, -0.2) is 25.6 Å². The van der Waals surface area contributed by atoms with E-state index in [1.165, 1.54) is 42.6 Å². The smallest absolute Gasteiger partial charge is 0.315 e. The first kappa shape index (κ1) is 54.8. The molecule has 0 unspecified atom stereocenters. The van der Waals surface area contributed by atoms with E-state index < -0.39 is 88.7 Å². The van der Waals surface area contributed by atoms with E-state index in [0.717, 1.165) is 47.7 Å². The van der Waals surface area contributed by atoms with E-state index >= 15 is 0 Å². The lowest BCUT2D eigenvalue weighted by molar-refractivity contribution is -0.131. The molecular formula is C39H37Cl2F6N9O11S4. The highest BCUT2D eigenvalue weighted by Gasteiger charge is 2.37. The molecule has 5 heterocycles. The topological polar surface area (TPSA) is 260 Å². The van der Waals surface area contributed by atoms with Crippen molar-refractivity contribution >= 4 is 86.4 Å². The quantitative estimate of drug-likeness (QED) is 0.107. The Morgan fingerprint density at radius 3 is 1.54 bits per heavy atom. The van der Waals surface area contributed by atoms with Crippen molar-refractivity contribution in [1.29, 1.82) is 0 Å². The van der Waals surface area contributed by atoms with E-state index in [1.807, 2.05) is 0 Å². The first-order chi connectivity index (χ1) is 33.3. The third-order valence-corrected chi connectivity index (χ3v) is 17.9. The minimum atomic E-state index is -4.31. The van der Waals surface area contributed by atoms with Crippen molar-refractivity contribution in [3.8, 4) is 11.5 Å². The standard InChI is InChI=1S/C20H20ClF3N4O6S2.C19H17ClF3N5O5S2/c21-16-9-15(3-4-17(16)22)28(36(33,34)27-5-7-35(31,32)8-6-27)12-14-2-1-13(10-25-14)18(29)11-26-20(30)19(23)24;20-15-9-14(3-4-16(15)21)28(35(31,32)27-5-7-34(29,30)8-6-27)11-13-2-1-12(10-24-13)18-25-26-19(33-18)17(22)23/h1-4,9-10,19H,5-8,11-12H2,(H,26,30);1-4,9-10,17H,5-8,11H2. The molecule has 71 heavy (non-hydrogen) atoms. The Balaban J connectivity index is 0.000000232. The van der Waals surface area contributed by atoms with Gasteiger partial charge in [0.25, 0.3) is 11.8 Å². The van der Waals surface area contributed by atoms with Crippen molar-refractivity contribution in [1.82, 2.24) is 34.1 Å². The average Bonchev–Trinajstić information content (AvgIpc) is 3.82. The number of carbonyl (C=O) groups excluding carboxylic acids is 2. The Morgan fingerprint density at radius 2 is 1.15 bits per heavy atom. The second kappa shape index (κ2) is 22.5. The van der Waals surface area contributed by atoms with Crippen LogP contribution in [0, 0.1) is 11.6 Å². The van der Waals surface area contributed by atoms with Gasteiger partial charge in [-0.1, -0.05) is 23.2 Å². The van der Waals surface area contributed by atoms with Crippen LogP contribution < -0.4 is 13.9 Å². The first-order valence-corrected chi connectivity index (χ1v) is 27.4. The number of alkyl halides is 4. The van der Waals surface area contributed by atoms with E-state index in [4.69, 9.17) is 27.6 Å². The molecule has 1 amide bonds. The van der Waals surface area contributed by atoms with Gasteiger partial charge in [0.2, 0.25) is 5.89 Å². The van der Waals surface area contributed by atoms with Crippen LogP contribution in [0.3, 0.4) is 0 Å². The highest BCUT2D eigenvalue weighted by molar-refractivity contribution is 7.93. The van der Waals surface area contributed by atoms with Crippen molar-refractivity contribution in [2.24, 2.45) is 0 Å². The number of nitrogens with one attached hydrogen (secondary N) is 1. The van der Waals surface area contributed by atoms with Crippen LogP contribution in [-0.4, -0.2) is 136 Å². The van der Waals surface area contributed by atoms with E-state index in [9.17, 15) is 69.6 Å². The molecule has 5 aromatic rings. The van der Waals surface area contributed by atoms with Gasteiger partial charge >= 0.3 is 33.3 Å². The molecule has 2 fully saturated rings. The summed E-state index contributed by atoms with van der Waals surface area (Å²) in [5.74, 6) is -6.25. The number of anilines is 2. The zero-order chi connectivity index (χ0) is 52.1. The van der Waals surface area contributed by atoms with Crippen LogP contribution in [0.5, 0.6) is 0 Å². The lowest BCUT2D eigenvalue weighted by Crippen LogP contribution is -2.50. The Bertz CT molecular complexity index is 3190. The van der Waals surface area contributed by atoms with Gasteiger partial charge in [0, 0.05) is 44.1 Å². The number of hydrogen-bond donors (Lipinski definition) is 1. The number of sulfone groups is 2. The van der Waals surface area contributed by atoms with E-state index in [-0.39, 0.29) is 112 Å². The number of hydrogen-bond acceptors (Lipinski definition) is 15. The van der Waals surface area contributed by atoms with Crippen LogP contribution in [-0.2, 0) is 58.0 Å². The van der Waals surface area contributed by atoms with E-state index in [1.54, 1.807) is 5.32 Å². The van der Waals surface area contributed by atoms with Gasteiger partial charge in [-0.3, -0.25) is 28.2 Å². The maximum absolute atomic E-state index is 13.7. The number of ketones is 1. The lowest BCUT2D eigenvalue weighted by atomic mass is 10.1. The fourth-order valence-corrected chi connectivity index (χ4v) is 12.8. The molecule has 384 valence electrons. The Hall–Kier alpha value is -5.50. The van der Waals surface area contributed by atoms with Gasteiger partial charge in [0.1, 0.15) is 11.6 Å². The highest BCUT2D eigenvalue weighted by atomic mass is 35.5. The third-order valence-electron chi connectivity index (χ3n) is 10.3. The fraction of sp³-hybridized carbons (Fsp3) is 0.333. The number of pyridine rings is 2. The average molecular weight is 1120 g/mol. The Morgan fingerprint density at radius 1 is 0.690 bits per heavy atom. The monoisotopic (exact) mass is 1120 g/mol. The lowest BCUT2D eigenvalue weighted by Gasteiger charge is -2.33. The van der Waals surface area contributed by atoms with Crippen LogP contribution in [0.4, 0.5) is 37.7 Å². The molecule has 32 heteroatoms. The molecular weight excluding hydrogens is 1080 g/mol. The molecule has 0 saturated carbocycles. The summed E-state index contributed by atoms with van der Waals surface area (Å²) in [4.78, 5) is 31.2. The summed E-state index contributed by atoms with van der Waals surface area (Å²) in [6.07, 6.45) is -3.88. The van der Waals surface area contributed by atoms with Crippen molar-refractivity contribution in [2.45, 2.75) is 25.9 Å². The molecule has 2 aromatic carbocycles. The number of amides is 1. The summed E-state index contributed by atoms with van der Waals surface area (Å²) in [5.41, 5.74) is 0.621. The van der Waals surface area contributed by atoms with Gasteiger partial charge in [-0.15, -0.1) is 10.2 Å². The molecule has 7 rings (SSSR count). The van der Waals surface area contributed by atoms with Crippen LogP contribution in [0.2, 0.25) is 10.0 Å². The molecule has 1 N–H and O–H groups in total. The normalized spacial score (nSPS) is 16.3. The minimum Gasteiger partial charge on any atom is -0.415 e. The highest BCUT2D eigenvalue weighted by Crippen LogP contribution is 2.31. The second-order valence-electron chi connectivity index (χ2n) is 15.1. The molecule has 2 saturated heterocycles. The van der Waals surface area contributed by atoms with Crippen LogP contribution >= 0.6 is 23.2 Å². The summed E-state index contributed by atoms with van der Waals surface area (Å²) >= 11 is 11.7. The van der Waals surface area contributed by atoms with Gasteiger partial charge in [0.15, 0.2) is 25.5 Å². The third kappa shape index (κ3) is 13.9. The number of benzene rings is 2. The minimum absolute atomic E-state index is 0.00788. The number of aromatic nitrogens is 4. The maximum atomic E-state index is 13.7. The van der Waals surface area contributed by atoms with E-state index in [2.05, 4.69) is 20.2 Å². The molecule has 20 nitrogen and oxygen atoms in total. The fourth-order valence-electron chi connectivity index (χ4n) is 6.43. The number of halogens is 8. The zero-order valence-corrected chi connectivity index (χ0v) is 40.9. The molecule has 0 atom stereocenters. The molecule has 2 aliphatic heterocycles. The van der Waals surface area contributed by atoms with Crippen molar-refractivity contribution in [2.75, 3.05) is 64.3 Å². The summed E-state index contributed by atoms with van der Waals surface area (Å²) in [7, 11) is -15.3. The molecule has 2 aliphatic rings. The number of Topliss-reactive ketones (excluding diaryl/α,β-unsaturated/α-hetero) is 1. The molecule has 0 spiro atoms. The Kier molecular flexibility index (Phi) is 17.4. The van der Waals surface area contributed by atoms with Crippen LogP contribution in [0.15, 0.2) is 77.5 Å². The first-order valence-electron chi connectivity index (χ1n) is 20.2. The molecule has 0 aliphatic carbocycles. The largest absolute Gasteiger partial charge is 0.415 e. The number of nitrogens with zero attached hydrogens (tertiary/aromatic N) is 8. The van der Waals surface area contributed by atoms with Crippen LogP contribution in [0.1, 0.15) is 34.1 Å². The maximum Gasteiger partial charge on any atom is 0.315 e.